The van der Waals surface area contributed by atoms with Crippen molar-refractivity contribution in [3.63, 3.8) is 0 Å². The van der Waals surface area contributed by atoms with Crippen LogP contribution in [0.5, 0.6) is 0 Å². The van der Waals surface area contributed by atoms with Crippen LogP contribution in [0.4, 0.5) is 0 Å². The van der Waals surface area contributed by atoms with Crippen LogP contribution in [0.1, 0.15) is 70.6 Å². The highest BCUT2D eigenvalue weighted by Gasteiger charge is 2.51. The smallest absolute Gasteiger partial charge is 0.330 e. The number of carbonyl (C=O) groups excluding carboxylic acids is 2. The van der Waals surface area contributed by atoms with E-state index in [9.17, 15) is 9.59 Å². The molecule has 3 aliphatic rings. The summed E-state index contributed by atoms with van der Waals surface area (Å²) in [6, 6.07) is 0. The summed E-state index contributed by atoms with van der Waals surface area (Å²) in [7, 11) is 1.31. The topological polar surface area (TPSA) is 89.5 Å². The average Bonchev–Trinajstić information content (AvgIpc) is 2.96. The zero-order valence-corrected chi connectivity index (χ0v) is 16.5. The van der Waals surface area contributed by atoms with Crippen molar-refractivity contribution in [3.05, 3.63) is 12.2 Å². The molecule has 0 amide bonds. The molecule has 3 rings (SSSR count). The Bertz CT molecular complexity index is 545. The maximum Gasteiger partial charge on any atom is 0.330 e. The largest absolute Gasteiger partial charge is 0.466 e. The minimum atomic E-state index is -0.933. The minimum absolute atomic E-state index is 0.198. The third-order valence-corrected chi connectivity index (χ3v) is 5.62. The molecular formula is C20H30O8. The minimum Gasteiger partial charge on any atom is -0.466 e. The van der Waals surface area contributed by atoms with Gasteiger partial charge in [-0.25, -0.2) is 4.79 Å². The number of methoxy groups -OCH3 is 1. The van der Waals surface area contributed by atoms with Gasteiger partial charge >= 0.3 is 11.9 Å². The van der Waals surface area contributed by atoms with Crippen molar-refractivity contribution in [3.8, 4) is 0 Å². The summed E-state index contributed by atoms with van der Waals surface area (Å²) < 4.78 is 9.78. The van der Waals surface area contributed by atoms with Gasteiger partial charge in [-0.05, 0) is 25.7 Å². The van der Waals surface area contributed by atoms with Crippen LogP contribution in [0.3, 0.4) is 0 Å². The Morgan fingerprint density at radius 1 is 0.929 bits per heavy atom. The summed E-state index contributed by atoms with van der Waals surface area (Å²) in [5.41, 5.74) is 0. The predicted octanol–water partition coefficient (Wildman–Crippen LogP) is 3.50. The van der Waals surface area contributed by atoms with Crippen molar-refractivity contribution in [2.45, 2.75) is 82.2 Å². The standard InChI is InChI=1S/C20H30O8/c1-23-17(21)8-4-7-15-24-18(22)16-9-13-20(14-10-16)27-25-19(26-28-20)11-5-2-3-6-12-19/h4,8,16H,2-3,5-7,9-15H2,1H3/b8-4+. The molecule has 3 fully saturated rings. The molecule has 2 spiro atoms. The Morgan fingerprint density at radius 2 is 1.50 bits per heavy atom. The van der Waals surface area contributed by atoms with Gasteiger partial charge in [-0.15, -0.1) is 0 Å². The van der Waals surface area contributed by atoms with E-state index < -0.39 is 17.5 Å². The number of esters is 2. The zero-order chi connectivity index (χ0) is 19.9. The summed E-state index contributed by atoms with van der Waals surface area (Å²) >= 11 is 0. The maximum atomic E-state index is 12.2. The lowest BCUT2D eigenvalue weighted by molar-refractivity contribution is -0.661. The molecule has 0 aromatic heterocycles. The molecule has 2 aliphatic carbocycles. The Hall–Kier alpha value is -1.48. The first-order valence-electron chi connectivity index (χ1n) is 10.2. The molecule has 0 aromatic carbocycles. The van der Waals surface area contributed by atoms with Gasteiger partial charge < -0.3 is 9.47 Å². The van der Waals surface area contributed by atoms with Crippen LogP contribution in [-0.4, -0.2) is 37.2 Å². The second kappa shape index (κ2) is 9.82. The van der Waals surface area contributed by atoms with Crippen LogP contribution in [0, 0.1) is 5.92 Å². The van der Waals surface area contributed by atoms with Gasteiger partial charge in [-0.2, -0.15) is 19.6 Å². The van der Waals surface area contributed by atoms with Gasteiger partial charge in [-0.3, -0.25) is 4.79 Å². The number of rotatable bonds is 5. The fraction of sp³-hybridized carbons (Fsp3) is 0.800. The second-order valence-electron chi connectivity index (χ2n) is 7.72. The van der Waals surface area contributed by atoms with E-state index >= 15 is 0 Å². The third-order valence-electron chi connectivity index (χ3n) is 5.62. The Labute approximate surface area is 165 Å². The van der Waals surface area contributed by atoms with E-state index in [-0.39, 0.29) is 18.5 Å². The molecule has 0 atom stereocenters. The molecule has 0 radical (unpaired) electrons. The fourth-order valence-electron chi connectivity index (χ4n) is 3.82. The van der Waals surface area contributed by atoms with E-state index in [1.165, 1.54) is 26.0 Å². The van der Waals surface area contributed by atoms with E-state index in [1.807, 2.05) is 0 Å². The van der Waals surface area contributed by atoms with Crippen molar-refractivity contribution in [1.82, 2.24) is 0 Å². The van der Waals surface area contributed by atoms with E-state index in [1.54, 1.807) is 6.08 Å². The van der Waals surface area contributed by atoms with Crippen LogP contribution in [0.25, 0.3) is 0 Å². The number of carbonyl (C=O) groups is 2. The molecule has 1 aliphatic heterocycles. The maximum absolute atomic E-state index is 12.2. The SMILES string of the molecule is COC(=O)/C=C/CCOC(=O)C1CCC2(CC1)OOC1(CCCCCC1)OO2. The van der Waals surface area contributed by atoms with Gasteiger partial charge in [0.1, 0.15) is 0 Å². The van der Waals surface area contributed by atoms with E-state index in [0.717, 1.165) is 25.7 Å². The van der Waals surface area contributed by atoms with Gasteiger partial charge in [0.2, 0.25) is 11.6 Å². The van der Waals surface area contributed by atoms with Gasteiger partial charge in [-0.1, -0.05) is 18.9 Å². The monoisotopic (exact) mass is 398 g/mol. The van der Waals surface area contributed by atoms with Crippen LogP contribution < -0.4 is 0 Å². The first kappa shape index (κ1) is 21.2. The van der Waals surface area contributed by atoms with Crippen molar-refractivity contribution in [2.75, 3.05) is 13.7 Å². The molecule has 8 heteroatoms. The van der Waals surface area contributed by atoms with Crippen LogP contribution >= 0.6 is 0 Å². The second-order valence-corrected chi connectivity index (χ2v) is 7.72. The summed E-state index contributed by atoms with van der Waals surface area (Å²) in [6.07, 6.45) is 11.5. The lowest BCUT2D eigenvalue weighted by Gasteiger charge is -2.45. The number of hydrogen-bond acceptors (Lipinski definition) is 8. The fourth-order valence-corrected chi connectivity index (χ4v) is 3.82. The van der Waals surface area contributed by atoms with Crippen LogP contribution in [0.15, 0.2) is 12.2 Å². The van der Waals surface area contributed by atoms with E-state index in [4.69, 9.17) is 24.3 Å². The van der Waals surface area contributed by atoms with Gasteiger partial charge in [0.25, 0.3) is 0 Å². The molecule has 2 saturated carbocycles. The van der Waals surface area contributed by atoms with E-state index in [2.05, 4.69) is 4.74 Å². The Morgan fingerprint density at radius 3 is 2.07 bits per heavy atom. The average molecular weight is 398 g/mol. The highest BCUT2D eigenvalue weighted by molar-refractivity contribution is 5.81. The quantitative estimate of drug-likeness (QED) is 0.301. The van der Waals surface area contributed by atoms with Crippen molar-refractivity contribution < 1.29 is 38.6 Å². The van der Waals surface area contributed by atoms with Crippen molar-refractivity contribution in [2.24, 2.45) is 5.92 Å². The van der Waals surface area contributed by atoms with Gasteiger partial charge in [0.15, 0.2) is 0 Å². The highest BCUT2D eigenvalue weighted by atomic mass is 17.4. The summed E-state index contributed by atoms with van der Waals surface area (Å²) in [4.78, 5) is 45.9. The first-order chi connectivity index (χ1) is 13.6. The van der Waals surface area contributed by atoms with Crippen LogP contribution in [0.2, 0.25) is 0 Å². The van der Waals surface area contributed by atoms with Gasteiger partial charge in [0, 0.05) is 38.2 Å². The van der Waals surface area contributed by atoms with Crippen molar-refractivity contribution in [1.29, 1.82) is 0 Å². The molecule has 0 aromatic rings. The normalized spacial score (nSPS) is 24.9. The van der Waals surface area contributed by atoms with Crippen LogP contribution in [-0.2, 0) is 38.6 Å². The molecule has 0 N–H and O–H groups in total. The first-order valence-corrected chi connectivity index (χ1v) is 10.2. The molecular weight excluding hydrogens is 368 g/mol. The number of hydrogen-bond donors (Lipinski definition) is 0. The molecule has 0 bridgehead atoms. The molecule has 28 heavy (non-hydrogen) atoms. The lowest BCUT2D eigenvalue weighted by atomic mass is 9.85. The number of ether oxygens (including phenoxy) is 2. The molecule has 158 valence electrons. The third kappa shape index (κ3) is 5.53. The molecule has 1 heterocycles. The summed E-state index contributed by atoms with van der Waals surface area (Å²) in [5.74, 6) is -2.57. The predicted molar refractivity (Wildman–Crippen MR) is 96.2 cm³/mol. The van der Waals surface area contributed by atoms with Crippen molar-refractivity contribution >= 4 is 11.9 Å². The Balaban J connectivity index is 1.38. The Kier molecular flexibility index (Phi) is 7.45. The zero-order valence-electron chi connectivity index (χ0n) is 16.5. The van der Waals surface area contributed by atoms with E-state index in [0.29, 0.717) is 32.1 Å². The molecule has 8 nitrogen and oxygen atoms in total. The summed E-state index contributed by atoms with van der Waals surface area (Å²) in [5, 5.41) is 0. The van der Waals surface area contributed by atoms with Gasteiger partial charge in [0.05, 0.1) is 19.6 Å². The summed E-state index contributed by atoms with van der Waals surface area (Å²) in [6.45, 7) is 0.232. The molecule has 0 unspecified atom stereocenters. The lowest BCUT2D eigenvalue weighted by Crippen LogP contribution is -2.52. The molecule has 1 saturated heterocycles. The highest BCUT2D eigenvalue weighted by Crippen LogP contribution is 2.44.